The molecule has 1 heterocycles. The quantitative estimate of drug-likeness (QED) is 0.317. The van der Waals surface area contributed by atoms with Crippen molar-refractivity contribution in [2.24, 2.45) is 16.3 Å². The number of rotatable bonds is 8. The number of nitrogens with zero attached hydrogens (tertiary/aromatic N) is 2. The van der Waals surface area contributed by atoms with E-state index in [1.54, 1.807) is 14.2 Å². The summed E-state index contributed by atoms with van der Waals surface area (Å²) >= 11 is 0. The number of likely N-dealkylation sites (tertiary alicyclic amines) is 1. The molecule has 0 spiro atoms. The third-order valence-corrected chi connectivity index (χ3v) is 5.29. The number of aliphatic imine (C=N–C) groups is 1. The molecule has 7 heteroatoms. The van der Waals surface area contributed by atoms with Crippen molar-refractivity contribution in [2.45, 2.75) is 39.7 Å². The van der Waals surface area contributed by atoms with E-state index in [1.807, 2.05) is 23.1 Å². The van der Waals surface area contributed by atoms with Crippen molar-refractivity contribution in [1.29, 1.82) is 0 Å². The van der Waals surface area contributed by atoms with Crippen LogP contribution in [0.15, 0.2) is 35.3 Å². The van der Waals surface area contributed by atoms with Crippen LogP contribution in [0.1, 0.15) is 32.8 Å². The van der Waals surface area contributed by atoms with Crippen LogP contribution in [-0.2, 0) is 16.0 Å². The number of guanidine groups is 1. The number of nitrogens with one attached hydrogen (secondary N) is 2. The second kappa shape index (κ2) is 12.4. The summed E-state index contributed by atoms with van der Waals surface area (Å²) in [5, 5.41) is 6.70. The fourth-order valence-corrected chi connectivity index (χ4v) is 3.51. The van der Waals surface area contributed by atoms with Crippen molar-refractivity contribution >= 4 is 35.8 Å². The maximum Gasteiger partial charge on any atom is 0.223 e. The molecule has 1 amide bonds. The number of hydrogen-bond donors (Lipinski definition) is 2. The third-order valence-electron chi connectivity index (χ3n) is 5.29. The monoisotopic (exact) mass is 516 g/mol. The van der Waals surface area contributed by atoms with Crippen LogP contribution in [-0.4, -0.2) is 63.2 Å². The fraction of sp³-hybridized carbons (Fsp3) is 0.636. The zero-order valence-electron chi connectivity index (χ0n) is 18.4. The highest BCUT2D eigenvalue weighted by Crippen LogP contribution is 2.21. The number of carbonyl (C=O) groups excluding carboxylic acids is 1. The van der Waals surface area contributed by atoms with Gasteiger partial charge >= 0.3 is 0 Å². The van der Waals surface area contributed by atoms with Crippen LogP contribution in [0.4, 0.5) is 0 Å². The third kappa shape index (κ3) is 8.50. The molecule has 164 valence electrons. The summed E-state index contributed by atoms with van der Waals surface area (Å²) in [4.78, 5) is 18.6. The minimum atomic E-state index is 0. The molecule has 2 unspecified atom stereocenters. The molecule has 29 heavy (non-hydrogen) atoms. The Morgan fingerprint density at radius 1 is 1.28 bits per heavy atom. The predicted molar refractivity (Wildman–Crippen MR) is 130 cm³/mol. The number of hydrogen-bond acceptors (Lipinski definition) is 3. The lowest BCUT2D eigenvalue weighted by Crippen LogP contribution is -2.46. The summed E-state index contributed by atoms with van der Waals surface area (Å²) in [5.74, 6) is 1.31. The van der Waals surface area contributed by atoms with Gasteiger partial charge in [0.15, 0.2) is 5.96 Å². The highest BCUT2D eigenvalue weighted by molar-refractivity contribution is 14.0. The normalized spacial score (nSPS) is 18.4. The zero-order valence-corrected chi connectivity index (χ0v) is 20.7. The topological polar surface area (TPSA) is 66.0 Å². The van der Waals surface area contributed by atoms with Gasteiger partial charge in [0, 0.05) is 52.7 Å². The zero-order chi connectivity index (χ0) is 20.6. The number of halogens is 1. The average Bonchev–Trinajstić information content (AvgIpc) is 3.02. The van der Waals surface area contributed by atoms with E-state index < -0.39 is 0 Å². The number of carbonyl (C=O) groups is 1. The summed E-state index contributed by atoms with van der Waals surface area (Å²) < 4.78 is 5.58. The minimum absolute atomic E-state index is 0. The van der Waals surface area contributed by atoms with Crippen LogP contribution in [0.2, 0.25) is 0 Å². The first-order valence-corrected chi connectivity index (χ1v) is 10.1. The van der Waals surface area contributed by atoms with Crippen molar-refractivity contribution in [2.75, 3.05) is 40.3 Å². The molecule has 6 nitrogen and oxygen atoms in total. The number of methoxy groups -OCH3 is 1. The van der Waals surface area contributed by atoms with Crippen molar-refractivity contribution in [1.82, 2.24) is 15.5 Å². The minimum Gasteiger partial charge on any atom is -0.379 e. The lowest BCUT2D eigenvalue weighted by molar-refractivity contribution is -0.127. The first-order chi connectivity index (χ1) is 13.3. The Morgan fingerprint density at radius 3 is 2.55 bits per heavy atom. The van der Waals surface area contributed by atoms with Crippen LogP contribution in [0.25, 0.3) is 0 Å². The highest BCUT2D eigenvalue weighted by Gasteiger charge is 2.29. The first-order valence-electron chi connectivity index (χ1n) is 10.1. The van der Waals surface area contributed by atoms with Crippen molar-refractivity contribution in [3.8, 4) is 0 Å². The molecule has 1 fully saturated rings. The number of benzene rings is 1. The molecule has 0 radical (unpaired) electrons. The Balaban J connectivity index is 0.00000420. The van der Waals surface area contributed by atoms with Crippen LogP contribution < -0.4 is 10.6 Å². The van der Waals surface area contributed by atoms with Crippen LogP contribution in [0, 0.1) is 11.3 Å². The van der Waals surface area contributed by atoms with Gasteiger partial charge in [0.2, 0.25) is 5.91 Å². The molecule has 2 atom stereocenters. The highest BCUT2D eigenvalue weighted by atomic mass is 127. The Bertz CT molecular complexity index is 646. The van der Waals surface area contributed by atoms with E-state index in [1.165, 1.54) is 5.56 Å². The van der Waals surface area contributed by atoms with Gasteiger partial charge in [0.1, 0.15) is 0 Å². The molecule has 1 aromatic rings. The lowest BCUT2D eigenvalue weighted by Gasteiger charge is -2.30. The van der Waals surface area contributed by atoms with E-state index in [0.29, 0.717) is 18.9 Å². The van der Waals surface area contributed by atoms with E-state index >= 15 is 0 Å². The molecule has 0 aliphatic carbocycles. The Morgan fingerprint density at radius 2 is 1.97 bits per heavy atom. The van der Waals surface area contributed by atoms with E-state index in [4.69, 9.17) is 4.74 Å². The van der Waals surface area contributed by atoms with Gasteiger partial charge in [-0.15, -0.1) is 24.0 Å². The fourth-order valence-electron chi connectivity index (χ4n) is 3.51. The Kier molecular flexibility index (Phi) is 11.0. The van der Waals surface area contributed by atoms with Gasteiger partial charge in [-0.05, 0) is 17.4 Å². The van der Waals surface area contributed by atoms with Gasteiger partial charge in [-0.25, -0.2) is 0 Å². The Labute approximate surface area is 192 Å². The second-order valence-electron chi connectivity index (χ2n) is 8.57. The van der Waals surface area contributed by atoms with Crippen LogP contribution in [0.3, 0.4) is 0 Å². The lowest BCUT2D eigenvalue weighted by atomic mass is 9.89. The second-order valence-corrected chi connectivity index (χ2v) is 8.57. The van der Waals surface area contributed by atoms with Crippen molar-refractivity contribution in [3.05, 3.63) is 35.9 Å². The molecule has 0 bridgehead atoms. The van der Waals surface area contributed by atoms with E-state index in [9.17, 15) is 4.79 Å². The largest absolute Gasteiger partial charge is 0.379 e. The molecule has 2 N–H and O–H groups in total. The van der Waals surface area contributed by atoms with Crippen LogP contribution in [0.5, 0.6) is 0 Å². The van der Waals surface area contributed by atoms with Gasteiger partial charge in [-0.3, -0.25) is 9.79 Å². The summed E-state index contributed by atoms with van der Waals surface area (Å²) in [7, 11) is 3.50. The summed E-state index contributed by atoms with van der Waals surface area (Å²) in [6.45, 7) is 9.49. The molecule has 1 saturated heterocycles. The van der Waals surface area contributed by atoms with Gasteiger partial charge in [0.25, 0.3) is 0 Å². The van der Waals surface area contributed by atoms with Crippen LogP contribution >= 0.6 is 24.0 Å². The summed E-state index contributed by atoms with van der Waals surface area (Å²) in [6.07, 6.45) is 1.59. The van der Waals surface area contributed by atoms with Gasteiger partial charge in [0.05, 0.1) is 6.10 Å². The first kappa shape index (κ1) is 25.7. The molecule has 2 rings (SSSR count). The van der Waals surface area contributed by atoms with E-state index in [-0.39, 0.29) is 41.4 Å². The van der Waals surface area contributed by atoms with Crippen molar-refractivity contribution in [3.63, 3.8) is 0 Å². The number of amides is 1. The predicted octanol–water partition coefficient (Wildman–Crippen LogP) is 2.92. The maximum atomic E-state index is 12.3. The van der Waals surface area contributed by atoms with Gasteiger partial charge < -0.3 is 20.3 Å². The summed E-state index contributed by atoms with van der Waals surface area (Å²) in [5.41, 5.74) is 1.32. The molecular formula is C22H37IN4O2. The molecule has 0 aromatic heterocycles. The smallest absolute Gasteiger partial charge is 0.223 e. The summed E-state index contributed by atoms with van der Waals surface area (Å²) in [6, 6.07) is 10.3. The van der Waals surface area contributed by atoms with Gasteiger partial charge in [-0.1, -0.05) is 51.1 Å². The van der Waals surface area contributed by atoms with E-state index in [2.05, 4.69) is 48.5 Å². The average molecular weight is 516 g/mol. The molecule has 1 aliphatic rings. The maximum absolute atomic E-state index is 12.3. The van der Waals surface area contributed by atoms with Crippen molar-refractivity contribution < 1.29 is 9.53 Å². The molecular weight excluding hydrogens is 479 g/mol. The molecule has 1 aliphatic heterocycles. The number of ether oxygens (including phenoxy) is 1. The molecule has 1 aromatic carbocycles. The molecule has 0 saturated carbocycles. The van der Waals surface area contributed by atoms with E-state index in [0.717, 1.165) is 32.0 Å². The van der Waals surface area contributed by atoms with Gasteiger partial charge in [-0.2, -0.15) is 0 Å². The Hall–Kier alpha value is -1.35. The SMILES string of the molecule is CN=C(NCC1CC(=O)N(CCc2ccccc2)C1)NCC(OC)C(C)(C)C.I. The standard InChI is InChI=1S/C22H36N4O2.HI/c1-22(2,3)19(28-5)15-25-21(23-4)24-14-18-13-20(27)26(16-18)12-11-17-9-7-6-8-10-17;/h6-10,18-19H,11-16H2,1-5H3,(H2,23,24,25);1H.